The molecule has 0 spiro atoms. The number of nitrogens with zero attached hydrogens (tertiary/aromatic N) is 4. The average Bonchev–Trinajstić information content (AvgIpc) is 2.89. The predicted octanol–water partition coefficient (Wildman–Crippen LogP) is 3.39. The van der Waals surface area contributed by atoms with Crippen LogP contribution >= 0.6 is 0 Å². The highest BCUT2D eigenvalue weighted by Gasteiger charge is 2.39. The lowest BCUT2D eigenvalue weighted by atomic mass is 9.91. The molecule has 0 bridgehead atoms. The van der Waals surface area contributed by atoms with Crippen LogP contribution in [-0.2, 0) is 14.8 Å². The number of anilines is 1. The molecule has 2 aromatic rings. The minimum Gasteiger partial charge on any atom is -0.493 e. The number of carbonyl (C=O) groups excluding carboxylic acids is 1. The molecule has 0 aliphatic carbocycles. The number of likely N-dealkylation sites (tertiary alicyclic amines) is 1. The molecule has 1 N–H and O–H groups in total. The summed E-state index contributed by atoms with van der Waals surface area (Å²) in [5.41, 5.74) is 0.975. The minimum atomic E-state index is -3.78. The number of rotatable bonds is 8. The zero-order valence-electron chi connectivity index (χ0n) is 23.2. The van der Waals surface area contributed by atoms with E-state index in [4.69, 9.17) is 10.00 Å². The smallest absolute Gasteiger partial charge is 0.243 e. The fourth-order valence-corrected chi connectivity index (χ4v) is 7.62. The minimum absolute atomic E-state index is 0.110. The number of hydrogen-bond donors (Lipinski definition) is 1. The first kappa shape index (κ1) is 29.0. The Hall–Kier alpha value is -2.97. The highest BCUT2D eigenvalue weighted by molar-refractivity contribution is 7.89. The fourth-order valence-electron chi connectivity index (χ4n) is 5.77. The standard InChI is InChI=1S/C29H39N5O4S/c1-21-17-33(18-22(2)34(21)39(36,37)28-12-5-8-24(14-28)16-30)19-29(35)31-26-10-6-11-27(15-26)38-20-25-9-7-13-32(4)23(25)3/h5-6,8,10-12,14-15,21-23,25H,7,9,13,17-20H2,1-4H3,(H,31,35)/t21?,22?,23-,25+/m1/s1. The van der Waals surface area contributed by atoms with Gasteiger partial charge in [-0.1, -0.05) is 12.1 Å². The number of benzene rings is 2. The van der Waals surface area contributed by atoms with Crippen LogP contribution in [0.5, 0.6) is 5.75 Å². The Labute approximate surface area is 232 Å². The van der Waals surface area contributed by atoms with E-state index in [1.54, 1.807) is 12.1 Å². The zero-order valence-corrected chi connectivity index (χ0v) is 24.0. The highest BCUT2D eigenvalue weighted by atomic mass is 32.2. The molecule has 39 heavy (non-hydrogen) atoms. The van der Waals surface area contributed by atoms with Gasteiger partial charge < -0.3 is 15.0 Å². The molecule has 2 aromatic carbocycles. The van der Waals surface area contributed by atoms with Gasteiger partial charge in [-0.05, 0) is 77.5 Å². The van der Waals surface area contributed by atoms with Crippen LogP contribution in [0, 0.1) is 17.2 Å². The summed E-state index contributed by atoms with van der Waals surface area (Å²) in [5, 5.41) is 12.1. The maximum atomic E-state index is 13.4. The molecule has 10 heteroatoms. The van der Waals surface area contributed by atoms with E-state index in [-0.39, 0.29) is 29.4 Å². The molecular weight excluding hydrogens is 514 g/mol. The molecule has 4 rings (SSSR count). The van der Waals surface area contributed by atoms with E-state index >= 15 is 0 Å². The highest BCUT2D eigenvalue weighted by Crippen LogP contribution is 2.27. The summed E-state index contributed by atoms with van der Waals surface area (Å²) in [6.07, 6.45) is 2.33. The van der Waals surface area contributed by atoms with Crippen molar-refractivity contribution in [3.8, 4) is 11.8 Å². The van der Waals surface area contributed by atoms with Crippen molar-refractivity contribution in [3.63, 3.8) is 0 Å². The van der Waals surface area contributed by atoms with Gasteiger partial charge in [-0.3, -0.25) is 9.69 Å². The first-order chi connectivity index (χ1) is 18.6. The van der Waals surface area contributed by atoms with Gasteiger partial charge in [0.15, 0.2) is 0 Å². The molecule has 2 heterocycles. The lowest BCUT2D eigenvalue weighted by molar-refractivity contribution is -0.118. The van der Waals surface area contributed by atoms with E-state index in [2.05, 4.69) is 24.2 Å². The first-order valence-corrected chi connectivity index (χ1v) is 15.0. The summed E-state index contributed by atoms with van der Waals surface area (Å²) >= 11 is 0. The van der Waals surface area contributed by atoms with Crippen molar-refractivity contribution < 1.29 is 17.9 Å². The van der Waals surface area contributed by atoms with E-state index in [9.17, 15) is 13.2 Å². The molecule has 2 aliphatic rings. The van der Waals surface area contributed by atoms with Crippen molar-refractivity contribution in [3.05, 3.63) is 54.1 Å². The van der Waals surface area contributed by atoms with Gasteiger partial charge in [0.25, 0.3) is 0 Å². The van der Waals surface area contributed by atoms with Gasteiger partial charge in [-0.15, -0.1) is 0 Å². The number of hydrogen-bond acceptors (Lipinski definition) is 7. The van der Waals surface area contributed by atoms with Crippen molar-refractivity contribution in [2.24, 2.45) is 5.92 Å². The molecule has 0 aromatic heterocycles. The van der Waals surface area contributed by atoms with Crippen LogP contribution in [0.3, 0.4) is 0 Å². The fraction of sp³-hybridized carbons (Fsp3) is 0.517. The first-order valence-electron chi connectivity index (χ1n) is 13.6. The number of sulfonamides is 1. The third-order valence-electron chi connectivity index (χ3n) is 7.86. The lowest BCUT2D eigenvalue weighted by Crippen LogP contribution is -2.59. The van der Waals surface area contributed by atoms with Gasteiger partial charge >= 0.3 is 0 Å². The predicted molar refractivity (Wildman–Crippen MR) is 151 cm³/mol. The third-order valence-corrected chi connectivity index (χ3v) is 9.99. The van der Waals surface area contributed by atoms with Gasteiger partial charge in [-0.2, -0.15) is 9.57 Å². The van der Waals surface area contributed by atoms with E-state index in [1.165, 1.54) is 22.9 Å². The van der Waals surface area contributed by atoms with E-state index in [0.717, 1.165) is 18.7 Å². The number of amides is 1. The zero-order chi connectivity index (χ0) is 28.2. The second-order valence-corrected chi connectivity index (χ2v) is 12.7. The van der Waals surface area contributed by atoms with Crippen LogP contribution in [0.15, 0.2) is 53.4 Å². The van der Waals surface area contributed by atoms with Gasteiger partial charge in [0.05, 0.1) is 29.7 Å². The molecule has 210 valence electrons. The second kappa shape index (κ2) is 12.5. The van der Waals surface area contributed by atoms with Crippen molar-refractivity contribution in [1.82, 2.24) is 14.1 Å². The number of piperidine rings is 1. The molecule has 2 aliphatic heterocycles. The Morgan fingerprint density at radius 2 is 1.82 bits per heavy atom. The Kier molecular flexibility index (Phi) is 9.28. The molecule has 2 fully saturated rings. The molecule has 9 nitrogen and oxygen atoms in total. The number of nitriles is 1. The van der Waals surface area contributed by atoms with Crippen molar-refractivity contribution >= 4 is 21.6 Å². The average molecular weight is 554 g/mol. The molecule has 0 saturated carbocycles. The Morgan fingerprint density at radius 3 is 2.54 bits per heavy atom. The normalized spacial score (nSPS) is 25.1. The third kappa shape index (κ3) is 6.97. The number of nitrogens with one attached hydrogen (secondary N) is 1. The summed E-state index contributed by atoms with van der Waals surface area (Å²) in [6, 6.07) is 15.3. The molecule has 2 unspecified atom stereocenters. The number of carbonyl (C=O) groups is 1. The van der Waals surface area contributed by atoms with Crippen molar-refractivity contribution in [1.29, 1.82) is 5.26 Å². The van der Waals surface area contributed by atoms with Crippen LogP contribution in [0.2, 0.25) is 0 Å². The monoisotopic (exact) mass is 553 g/mol. The quantitative estimate of drug-likeness (QED) is 0.534. The Morgan fingerprint density at radius 1 is 1.10 bits per heavy atom. The summed E-state index contributed by atoms with van der Waals surface area (Å²) < 4.78 is 34.3. The summed E-state index contributed by atoms with van der Waals surface area (Å²) in [7, 11) is -1.63. The van der Waals surface area contributed by atoms with Gasteiger partial charge in [0.1, 0.15) is 5.75 Å². The van der Waals surface area contributed by atoms with Crippen LogP contribution in [0.25, 0.3) is 0 Å². The van der Waals surface area contributed by atoms with E-state index in [1.807, 2.05) is 49.1 Å². The lowest BCUT2D eigenvalue weighted by Gasteiger charge is -2.43. The molecule has 4 atom stereocenters. The van der Waals surface area contributed by atoms with E-state index in [0.29, 0.717) is 42.9 Å². The Balaban J connectivity index is 1.32. The topological polar surface area (TPSA) is 106 Å². The van der Waals surface area contributed by atoms with Crippen molar-refractivity contribution in [2.45, 2.75) is 56.6 Å². The van der Waals surface area contributed by atoms with Crippen LogP contribution in [0.1, 0.15) is 39.2 Å². The van der Waals surface area contributed by atoms with Crippen LogP contribution < -0.4 is 10.1 Å². The maximum Gasteiger partial charge on any atom is 0.243 e. The van der Waals surface area contributed by atoms with Gasteiger partial charge in [0, 0.05) is 48.9 Å². The molecule has 1 amide bonds. The second-order valence-electron chi connectivity index (χ2n) is 10.9. The summed E-state index contributed by atoms with van der Waals surface area (Å²) in [4.78, 5) is 17.4. The largest absolute Gasteiger partial charge is 0.493 e. The molecule has 0 radical (unpaired) electrons. The van der Waals surface area contributed by atoms with Crippen LogP contribution in [-0.4, -0.2) is 86.4 Å². The number of ether oxygens (including phenoxy) is 1. The number of piperazine rings is 1. The Bertz CT molecular complexity index is 1300. The maximum absolute atomic E-state index is 13.4. The van der Waals surface area contributed by atoms with Gasteiger partial charge in [0.2, 0.25) is 15.9 Å². The molecular formula is C29H39N5O4S. The summed E-state index contributed by atoms with van der Waals surface area (Å²) in [6.45, 7) is 8.70. The van der Waals surface area contributed by atoms with Crippen LogP contribution in [0.4, 0.5) is 5.69 Å². The van der Waals surface area contributed by atoms with Crippen molar-refractivity contribution in [2.75, 3.05) is 45.2 Å². The van der Waals surface area contributed by atoms with Gasteiger partial charge in [-0.25, -0.2) is 8.42 Å². The van der Waals surface area contributed by atoms with E-state index < -0.39 is 10.0 Å². The summed E-state index contributed by atoms with van der Waals surface area (Å²) in [5.74, 6) is 1.05. The molecule has 2 saturated heterocycles. The SMILES string of the molecule is CC1CN(CC(=O)Nc2cccc(OC[C@@H]3CCCN(C)[C@@H]3C)c2)CC(C)N1S(=O)(=O)c1cccc(C#N)c1.